The predicted octanol–water partition coefficient (Wildman–Crippen LogP) is 3.52. The van der Waals surface area contributed by atoms with Crippen LogP contribution in [-0.2, 0) is 11.0 Å². The molecule has 1 fully saturated rings. The molecule has 1 amide bonds. The summed E-state index contributed by atoms with van der Waals surface area (Å²) in [4.78, 5) is 17.8. The lowest BCUT2D eigenvalue weighted by Crippen LogP contribution is -2.29. The number of benzene rings is 1. The molecule has 1 atom stereocenters. The third-order valence-corrected chi connectivity index (χ3v) is 4.62. The second-order valence-corrected chi connectivity index (χ2v) is 6.64. The van der Waals surface area contributed by atoms with E-state index >= 15 is 0 Å². The molecule has 0 radical (unpaired) electrons. The van der Waals surface area contributed by atoms with E-state index in [2.05, 4.69) is 4.98 Å². The molecule has 4 rings (SSSR count). The van der Waals surface area contributed by atoms with E-state index in [0.717, 1.165) is 23.9 Å². The number of carbonyl (C=O) groups excluding carboxylic acids is 1. The lowest BCUT2D eigenvalue weighted by molar-refractivity contribution is -0.137. The average Bonchev–Trinajstić information content (AvgIpc) is 3.34. The smallest absolute Gasteiger partial charge is 0.416 e. The zero-order chi connectivity index (χ0) is 20.4. The molecule has 0 N–H and O–H groups in total. The van der Waals surface area contributed by atoms with E-state index in [0.29, 0.717) is 24.5 Å². The molecule has 2 aliphatic rings. The molecule has 6 nitrogen and oxygen atoms in total. The Balaban J connectivity index is 1.34. The average molecular weight is 406 g/mol. The van der Waals surface area contributed by atoms with Crippen LogP contribution in [0, 0.1) is 0 Å². The Bertz CT molecular complexity index is 946. The minimum absolute atomic E-state index is 0.102. The fraction of sp³-hybridized carbons (Fsp3) is 0.300. The lowest BCUT2D eigenvalue weighted by Gasteiger charge is -2.16. The zero-order valence-electron chi connectivity index (χ0n) is 15.2. The third-order valence-electron chi connectivity index (χ3n) is 4.62. The molecular formula is C20H17F3N2O4. The van der Waals surface area contributed by atoms with Gasteiger partial charge in [-0.25, -0.2) is 4.98 Å². The molecule has 1 aromatic carbocycles. The van der Waals surface area contributed by atoms with Gasteiger partial charge in [-0.05, 0) is 29.8 Å². The Morgan fingerprint density at radius 1 is 1.21 bits per heavy atom. The SMILES string of the molecule is O=C(/C=C/c1ccc2c(c1)OCO2)N1CCC(Oc2cc(C(F)(F)F)ccn2)C1. The van der Waals surface area contributed by atoms with Gasteiger partial charge in [0, 0.05) is 31.3 Å². The van der Waals surface area contributed by atoms with Gasteiger partial charge in [-0.15, -0.1) is 0 Å². The highest BCUT2D eigenvalue weighted by Crippen LogP contribution is 2.33. The van der Waals surface area contributed by atoms with Gasteiger partial charge in [0.15, 0.2) is 11.5 Å². The topological polar surface area (TPSA) is 60.9 Å². The first kappa shape index (κ1) is 19.1. The molecule has 2 aromatic rings. The fourth-order valence-electron chi connectivity index (χ4n) is 3.14. The maximum absolute atomic E-state index is 12.8. The lowest BCUT2D eigenvalue weighted by atomic mass is 10.2. The first-order valence-corrected chi connectivity index (χ1v) is 8.95. The van der Waals surface area contributed by atoms with E-state index in [-0.39, 0.29) is 25.1 Å². The minimum Gasteiger partial charge on any atom is -0.472 e. The Hall–Kier alpha value is -3.23. The maximum atomic E-state index is 12.8. The van der Waals surface area contributed by atoms with E-state index < -0.39 is 17.8 Å². The van der Waals surface area contributed by atoms with Crippen molar-refractivity contribution in [2.45, 2.75) is 18.7 Å². The second kappa shape index (κ2) is 7.65. The van der Waals surface area contributed by atoms with Crippen molar-refractivity contribution < 1.29 is 32.2 Å². The summed E-state index contributed by atoms with van der Waals surface area (Å²) in [5.41, 5.74) is -0.0251. The van der Waals surface area contributed by atoms with Crippen LogP contribution < -0.4 is 14.2 Å². The first-order valence-electron chi connectivity index (χ1n) is 8.95. The van der Waals surface area contributed by atoms with Crippen LogP contribution in [0.3, 0.4) is 0 Å². The summed E-state index contributed by atoms with van der Waals surface area (Å²) in [5, 5.41) is 0. The Kier molecular flexibility index (Phi) is 5.04. The van der Waals surface area contributed by atoms with Crippen molar-refractivity contribution in [2.24, 2.45) is 0 Å². The predicted molar refractivity (Wildman–Crippen MR) is 96.5 cm³/mol. The number of pyridine rings is 1. The van der Waals surface area contributed by atoms with Gasteiger partial charge in [0.2, 0.25) is 18.6 Å². The summed E-state index contributed by atoms with van der Waals surface area (Å²) < 4.78 is 54.5. The number of carbonyl (C=O) groups is 1. The van der Waals surface area contributed by atoms with Crippen LogP contribution in [0.1, 0.15) is 17.5 Å². The molecule has 152 valence electrons. The quantitative estimate of drug-likeness (QED) is 0.728. The van der Waals surface area contributed by atoms with Gasteiger partial charge >= 0.3 is 6.18 Å². The molecule has 9 heteroatoms. The molecule has 1 saturated heterocycles. The number of amides is 1. The van der Waals surface area contributed by atoms with E-state index in [1.807, 2.05) is 6.07 Å². The zero-order valence-corrected chi connectivity index (χ0v) is 15.2. The number of halogens is 3. The number of fused-ring (bicyclic) bond motifs is 1. The van der Waals surface area contributed by atoms with E-state index in [4.69, 9.17) is 14.2 Å². The number of hydrogen-bond acceptors (Lipinski definition) is 5. The van der Waals surface area contributed by atoms with Crippen molar-refractivity contribution in [3.05, 3.63) is 53.7 Å². The van der Waals surface area contributed by atoms with Crippen molar-refractivity contribution in [1.82, 2.24) is 9.88 Å². The number of nitrogens with zero attached hydrogens (tertiary/aromatic N) is 2. The fourth-order valence-corrected chi connectivity index (χ4v) is 3.14. The number of aromatic nitrogens is 1. The van der Waals surface area contributed by atoms with E-state index in [1.165, 1.54) is 6.08 Å². The molecule has 1 unspecified atom stereocenters. The largest absolute Gasteiger partial charge is 0.472 e. The Morgan fingerprint density at radius 2 is 2.03 bits per heavy atom. The number of ether oxygens (including phenoxy) is 3. The highest BCUT2D eigenvalue weighted by molar-refractivity contribution is 5.92. The number of likely N-dealkylation sites (tertiary alicyclic amines) is 1. The highest BCUT2D eigenvalue weighted by Gasteiger charge is 2.32. The van der Waals surface area contributed by atoms with Crippen LogP contribution in [0.15, 0.2) is 42.6 Å². The van der Waals surface area contributed by atoms with E-state index in [1.54, 1.807) is 23.1 Å². The number of hydrogen-bond donors (Lipinski definition) is 0. The normalized spacial score (nSPS) is 18.4. The van der Waals surface area contributed by atoms with Crippen molar-refractivity contribution >= 4 is 12.0 Å². The first-order chi connectivity index (χ1) is 13.9. The molecule has 3 heterocycles. The Morgan fingerprint density at radius 3 is 2.86 bits per heavy atom. The monoisotopic (exact) mass is 406 g/mol. The van der Waals surface area contributed by atoms with Crippen LogP contribution in [0.5, 0.6) is 17.4 Å². The molecule has 0 saturated carbocycles. The summed E-state index contributed by atoms with van der Waals surface area (Å²) in [6.45, 7) is 0.910. The standard InChI is InChI=1S/C20H17F3N2O4/c21-20(22,23)14-5-7-24-18(10-14)29-15-6-8-25(11-15)19(26)4-2-13-1-3-16-17(9-13)28-12-27-16/h1-5,7,9-10,15H,6,8,11-12H2/b4-2+. The van der Waals surface area contributed by atoms with Gasteiger partial charge in [0.05, 0.1) is 12.1 Å². The van der Waals surface area contributed by atoms with Gasteiger partial charge in [0.1, 0.15) is 6.10 Å². The van der Waals surface area contributed by atoms with Crippen LogP contribution >= 0.6 is 0 Å². The summed E-state index contributed by atoms with van der Waals surface area (Å²) >= 11 is 0. The molecule has 0 aliphatic carbocycles. The van der Waals surface area contributed by atoms with Crippen LogP contribution in [0.4, 0.5) is 13.2 Å². The summed E-state index contributed by atoms with van der Waals surface area (Å²) in [6, 6.07) is 7.12. The molecule has 1 aromatic heterocycles. The van der Waals surface area contributed by atoms with Crippen molar-refractivity contribution in [1.29, 1.82) is 0 Å². The molecule has 2 aliphatic heterocycles. The van der Waals surface area contributed by atoms with Crippen molar-refractivity contribution in [3.63, 3.8) is 0 Å². The third kappa shape index (κ3) is 4.44. The van der Waals surface area contributed by atoms with Gasteiger partial charge in [0.25, 0.3) is 0 Å². The highest BCUT2D eigenvalue weighted by atomic mass is 19.4. The van der Waals surface area contributed by atoms with Gasteiger partial charge in [-0.3, -0.25) is 4.79 Å². The van der Waals surface area contributed by atoms with Crippen LogP contribution in [0.25, 0.3) is 6.08 Å². The number of rotatable bonds is 4. The van der Waals surface area contributed by atoms with Crippen LogP contribution in [-0.4, -0.2) is 41.8 Å². The number of alkyl halides is 3. The minimum atomic E-state index is -4.46. The van der Waals surface area contributed by atoms with Crippen molar-refractivity contribution in [2.75, 3.05) is 19.9 Å². The molecule has 0 bridgehead atoms. The molecule has 0 spiro atoms. The summed E-state index contributed by atoms with van der Waals surface area (Å²) in [6.07, 6.45) is -0.173. The molecular weight excluding hydrogens is 389 g/mol. The van der Waals surface area contributed by atoms with Crippen LogP contribution in [0.2, 0.25) is 0 Å². The Labute approximate surface area is 164 Å². The van der Waals surface area contributed by atoms with Gasteiger partial charge in [-0.1, -0.05) is 6.07 Å². The van der Waals surface area contributed by atoms with Gasteiger partial charge < -0.3 is 19.1 Å². The maximum Gasteiger partial charge on any atom is 0.416 e. The van der Waals surface area contributed by atoms with E-state index in [9.17, 15) is 18.0 Å². The second-order valence-electron chi connectivity index (χ2n) is 6.64. The molecule has 29 heavy (non-hydrogen) atoms. The summed E-state index contributed by atoms with van der Waals surface area (Å²) in [5.74, 6) is 0.986. The summed E-state index contributed by atoms with van der Waals surface area (Å²) in [7, 11) is 0. The van der Waals surface area contributed by atoms with Crippen molar-refractivity contribution in [3.8, 4) is 17.4 Å². The van der Waals surface area contributed by atoms with Gasteiger partial charge in [-0.2, -0.15) is 13.2 Å².